The average molecular weight is 687 g/mol. The van der Waals surface area contributed by atoms with Gasteiger partial charge in [-0.1, -0.05) is 35.4 Å². The van der Waals surface area contributed by atoms with Crippen LogP contribution in [0.1, 0.15) is 21.5 Å². The van der Waals surface area contributed by atoms with E-state index in [0.717, 1.165) is 36.4 Å². The van der Waals surface area contributed by atoms with Gasteiger partial charge in [-0.2, -0.15) is 0 Å². The maximum Gasteiger partial charge on any atom is 0.328 e. The molecule has 49 heavy (non-hydrogen) atoms. The number of halogens is 2. The molecule has 15 heteroatoms. The van der Waals surface area contributed by atoms with Crippen molar-refractivity contribution in [3.05, 3.63) is 93.4 Å². The number of azide groups is 1. The maximum atomic E-state index is 14.1. The summed E-state index contributed by atoms with van der Waals surface area (Å²) in [5.41, 5.74) is 10.3. The number of methoxy groups -OCH3 is 3. The van der Waals surface area contributed by atoms with Crippen molar-refractivity contribution in [1.82, 2.24) is 5.32 Å². The summed E-state index contributed by atoms with van der Waals surface area (Å²) < 4.78 is 66.4. The average Bonchev–Trinajstić information content (AvgIpc) is 3.11. The Morgan fingerprint density at radius 3 is 1.88 bits per heavy atom. The Morgan fingerprint density at radius 2 is 1.35 bits per heavy atom. The molecule has 0 fully saturated rings. The number of hydrogen-bond acceptors (Lipinski definition) is 10. The Morgan fingerprint density at radius 1 is 0.796 bits per heavy atom. The van der Waals surface area contributed by atoms with Crippen molar-refractivity contribution in [3.8, 4) is 22.6 Å². The van der Waals surface area contributed by atoms with Gasteiger partial charge in [-0.15, -0.1) is 0 Å². The number of hydrogen-bond donors (Lipinski definition) is 1. The van der Waals surface area contributed by atoms with Crippen molar-refractivity contribution in [2.75, 3.05) is 74.1 Å². The molecule has 1 N–H and O–H groups in total. The van der Waals surface area contributed by atoms with Crippen molar-refractivity contribution in [3.63, 3.8) is 0 Å². The first kappa shape index (κ1) is 38.7. The molecule has 3 aromatic rings. The van der Waals surface area contributed by atoms with Crippen molar-refractivity contribution in [2.24, 2.45) is 5.11 Å². The predicted molar refractivity (Wildman–Crippen MR) is 174 cm³/mol. The van der Waals surface area contributed by atoms with Gasteiger partial charge in [0, 0.05) is 17.9 Å². The number of carbonyl (C=O) groups is 2. The Bertz CT molecular complexity index is 1510. The van der Waals surface area contributed by atoms with Crippen molar-refractivity contribution >= 4 is 11.9 Å². The van der Waals surface area contributed by atoms with E-state index in [2.05, 4.69) is 15.3 Å². The minimum atomic E-state index is -1.20. The molecule has 0 aliphatic heterocycles. The lowest BCUT2D eigenvalue weighted by Gasteiger charge is -2.18. The third-order valence-electron chi connectivity index (χ3n) is 7.01. The van der Waals surface area contributed by atoms with Gasteiger partial charge >= 0.3 is 5.97 Å². The molecule has 0 spiro atoms. The highest BCUT2D eigenvalue weighted by molar-refractivity contribution is 5.97. The predicted octanol–water partition coefficient (Wildman–Crippen LogP) is 5.04. The fraction of sp³-hybridized carbons (Fsp3) is 0.412. The topological polar surface area (TPSA) is 160 Å². The molecule has 0 aliphatic carbocycles. The quantitative estimate of drug-likeness (QED) is 0.0502. The van der Waals surface area contributed by atoms with E-state index in [0.29, 0.717) is 68.9 Å². The summed E-state index contributed by atoms with van der Waals surface area (Å²) in [4.78, 5) is 27.8. The Labute approximate surface area is 283 Å². The molecular weight excluding hydrogens is 646 g/mol. The zero-order valence-electron chi connectivity index (χ0n) is 27.6. The van der Waals surface area contributed by atoms with E-state index in [1.807, 2.05) is 12.1 Å². The zero-order chi connectivity index (χ0) is 35.4. The van der Waals surface area contributed by atoms with E-state index in [1.54, 1.807) is 38.5 Å². The van der Waals surface area contributed by atoms with Crippen LogP contribution in [0.4, 0.5) is 8.78 Å². The molecule has 0 radical (unpaired) electrons. The van der Waals surface area contributed by atoms with Crippen molar-refractivity contribution < 1.29 is 51.5 Å². The van der Waals surface area contributed by atoms with Gasteiger partial charge in [0.2, 0.25) is 0 Å². The summed E-state index contributed by atoms with van der Waals surface area (Å²) in [7, 11) is 4.25. The van der Waals surface area contributed by atoms with Crippen LogP contribution in [0, 0.1) is 11.6 Å². The van der Waals surface area contributed by atoms with Gasteiger partial charge < -0.3 is 38.5 Å². The molecule has 0 aromatic heterocycles. The van der Waals surface area contributed by atoms with Crippen LogP contribution >= 0.6 is 0 Å². The smallest absolute Gasteiger partial charge is 0.328 e. The molecule has 0 saturated heterocycles. The molecule has 1 amide bonds. The number of esters is 1. The molecule has 264 valence electrons. The van der Waals surface area contributed by atoms with Crippen LogP contribution in [0.3, 0.4) is 0 Å². The van der Waals surface area contributed by atoms with Gasteiger partial charge in [0.05, 0.1) is 79.7 Å². The molecule has 1 atom stereocenters. The van der Waals surface area contributed by atoms with E-state index in [4.69, 9.17) is 38.7 Å². The number of benzene rings is 3. The first-order chi connectivity index (χ1) is 23.8. The minimum absolute atomic E-state index is 0.00622. The highest BCUT2D eigenvalue weighted by atomic mass is 19.1. The third kappa shape index (κ3) is 12.3. The number of carbonyl (C=O) groups excluding carboxylic acids is 2. The van der Waals surface area contributed by atoms with Gasteiger partial charge in [0.1, 0.15) is 34.7 Å². The summed E-state index contributed by atoms with van der Waals surface area (Å²) in [6.07, 6.45) is 0.00622. The lowest BCUT2D eigenvalue weighted by Crippen LogP contribution is -2.43. The molecular formula is C34H40F2N4O9. The Hall–Kier alpha value is -4.79. The van der Waals surface area contributed by atoms with Crippen LogP contribution in [0.25, 0.3) is 21.6 Å². The number of rotatable bonds is 22. The third-order valence-corrected chi connectivity index (χ3v) is 7.01. The van der Waals surface area contributed by atoms with Gasteiger partial charge in [-0.25, -0.2) is 13.6 Å². The molecule has 3 rings (SSSR count). The summed E-state index contributed by atoms with van der Waals surface area (Å²) in [6, 6.07) is 12.7. The Balaban J connectivity index is 1.54. The number of amides is 1. The Kier molecular flexibility index (Phi) is 16.8. The van der Waals surface area contributed by atoms with Gasteiger partial charge in [-0.3, -0.25) is 4.79 Å². The largest absolute Gasteiger partial charge is 0.496 e. The summed E-state index contributed by atoms with van der Waals surface area (Å²) in [6.45, 7) is 3.31. The first-order valence-corrected chi connectivity index (χ1v) is 15.3. The highest BCUT2D eigenvalue weighted by Crippen LogP contribution is 2.40. The normalized spacial score (nSPS) is 11.4. The summed E-state index contributed by atoms with van der Waals surface area (Å²) in [5.74, 6) is -2.83. The lowest BCUT2D eigenvalue weighted by atomic mass is 9.98. The van der Waals surface area contributed by atoms with Crippen LogP contribution in [0.5, 0.6) is 11.5 Å². The first-order valence-electron chi connectivity index (χ1n) is 15.3. The molecule has 0 heterocycles. The zero-order valence-corrected chi connectivity index (χ0v) is 27.6. The van der Waals surface area contributed by atoms with Crippen LogP contribution in [0.15, 0.2) is 59.7 Å². The van der Waals surface area contributed by atoms with Crippen LogP contribution < -0.4 is 14.8 Å². The maximum absolute atomic E-state index is 14.1. The van der Waals surface area contributed by atoms with Gasteiger partial charge in [0.25, 0.3) is 5.91 Å². The van der Waals surface area contributed by atoms with Crippen molar-refractivity contribution in [2.45, 2.75) is 19.1 Å². The molecule has 0 unspecified atom stereocenters. The molecule has 13 nitrogen and oxygen atoms in total. The van der Waals surface area contributed by atoms with E-state index >= 15 is 0 Å². The van der Waals surface area contributed by atoms with E-state index in [1.165, 1.54) is 0 Å². The standard InChI is InChI=1S/C34H40F2N4O9/c1-43-29-20-24(22-49-18-17-48-16-15-47-14-13-46-12-11-38-40-37)21-30(44-2)31(29)25-9-7-23(8-10-25)19-28(34(42)45-3)39-33(41)32-26(35)5-4-6-27(32)36/h4-10,20-21,28H,11-19,22H2,1-3H3,(H,39,41)/t28-/m0/s1. The fourth-order valence-corrected chi connectivity index (χ4v) is 4.66. The fourth-order valence-electron chi connectivity index (χ4n) is 4.66. The minimum Gasteiger partial charge on any atom is -0.496 e. The van der Waals surface area contributed by atoms with Crippen LogP contribution in [0.2, 0.25) is 0 Å². The number of nitrogens with one attached hydrogen (secondary N) is 1. The van der Waals surface area contributed by atoms with Crippen molar-refractivity contribution in [1.29, 1.82) is 0 Å². The van der Waals surface area contributed by atoms with E-state index in [-0.39, 0.29) is 19.6 Å². The lowest BCUT2D eigenvalue weighted by molar-refractivity contribution is -0.142. The molecule has 0 aliphatic rings. The van der Waals surface area contributed by atoms with Gasteiger partial charge in [-0.05, 0) is 46.5 Å². The second-order valence-electron chi connectivity index (χ2n) is 10.3. The number of ether oxygens (including phenoxy) is 7. The second kappa shape index (κ2) is 21.2. The summed E-state index contributed by atoms with van der Waals surface area (Å²) in [5, 5.41) is 5.75. The monoisotopic (exact) mass is 686 g/mol. The SMILES string of the molecule is COC(=O)[C@H](Cc1ccc(-c2c(OC)cc(COCCOCCOCCOCCN=[N+]=[N-])cc2OC)cc1)NC(=O)c1c(F)cccc1F. The molecule has 0 saturated carbocycles. The highest BCUT2D eigenvalue weighted by Gasteiger charge is 2.26. The summed E-state index contributed by atoms with van der Waals surface area (Å²) >= 11 is 0. The van der Waals surface area contributed by atoms with E-state index in [9.17, 15) is 18.4 Å². The molecule has 0 bridgehead atoms. The second-order valence-corrected chi connectivity index (χ2v) is 10.3. The molecule has 3 aromatic carbocycles. The van der Waals surface area contributed by atoms with E-state index < -0.39 is 35.1 Å². The van der Waals surface area contributed by atoms with Gasteiger partial charge in [0.15, 0.2) is 0 Å². The number of nitrogens with zero attached hydrogens (tertiary/aromatic N) is 3. The van der Waals surface area contributed by atoms with Crippen LogP contribution in [-0.2, 0) is 41.5 Å². The van der Waals surface area contributed by atoms with Crippen LogP contribution in [-0.4, -0.2) is 92.0 Å².